The molecule has 0 aliphatic carbocycles. The van der Waals surface area contributed by atoms with Gasteiger partial charge in [-0.05, 0) is 47.7 Å². The standard InChI is InChI=1S/C31H34N4O3/c36-25-12-10-22(11-13-25)15-17-35-20-27(28(21-35)31(38)34-18-23-6-2-1-3-7-23)30(37)32-16-14-24-19-33-29-9-5-4-8-26(24)29/h1-13,19,27-28,33,36H,14-18,20-21H2,(H,32,37)(H,34,38)/t27-,28-/m1/s1. The van der Waals surface area contributed by atoms with E-state index in [1.165, 1.54) is 10.9 Å². The van der Waals surface area contributed by atoms with E-state index < -0.39 is 11.8 Å². The Morgan fingerprint density at radius 3 is 2.26 bits per heavy atom. The van der Waals surface area contributed by atoms with E-state index in [2.05, 4.69) is 26.6 Å². The lowest BCUT2D eigenvalue weighted by Gasteiger charge is -2.18. The van der Waals surface area contributed by atoms with Gasteiger partial charge in [0.25, 0.3) is 0 Å². The van der Waals surface area contributed by atoms with Gasteiger partial charge < -0.3 is 25.6 Å². The molecule has 0 unspecified atom stereocenters. The predicted molar refractivity (Wildman–Crippen MR) is 149 cm³/mol. The number of fused-ring (bicyclic) bond motifs is 1. The highest BCUT2D eigenvalue weighted by atomic mass is 16.3. The van der Waals surface area contributed by atoms with Crippen molar-refractivity contribution >= 4 is 22.7 Å². The summed E-state index contributed by atoms with van der Waals surface area (Å²) in [5, 5.41) is 16.9. The third-order valence-electron chi connectivity index (χ3n) is 7.40. The molecule has 2 atom stereocenters. The first-order chi connectivity index (χ1) is 18.6. The minimum atomic E-state index is -0.411. The zero-order chi connectivity index (χ0) is 26.3. The van der Waals surface area contributed by atoms with Crippen molar-refractivity contribution in [1.29, 1.82) is 0 Å². The van der Waals surface area contributed by atoms with E-state index in [0.29, 0.717) is 26.2 Å². The molecule has 5 rings (SSSR count). The third-order valence-corrected chi connectivity index (χ3v) is 7.40. The fraction of sp³-hybridized carbons (Fsp3) is 0.290. The van der Waals surface area contributed by atoms with Gasteiger partial charge in [0, 0.05) is 49.8 Å². The number of para-hydroxylation sites is 1. The number of amides is 2. The van der Waals surface area contributed by atoms with Crippen molar-refractivity contribution in [2.75, 3.05) is 26.2 Å². The van der Waals surface area contributed by atoms with E-state index in [1.807, 2.05) is 66.9 Å². The minimum absolute atomic E-state index is 0.0724. The van der Waals surface area contributed by atoms with E-state index in [9.17, 15) is 14.7 Å². The highest BCUT2D eigenvalue weighted by molar-refractivity contribution is 5.89. The maximum atomic E-state index is 13.3. The Balaban J connectivity index is 1.21. The summed E-state index contributed by atoms with van der Waals surface area (Å²) in [6.07, 6.45) is 3.50. The van der Waals surface area contributed by atoms with Gasteiger partial charge in [-0.3, -0.25) is 9.59 Å². The number of aromatic amines is 1. The molecule has 2 heterocycles. The number of nitrogens with one attached hydrogen (secondary N) is 3. The van der Waals surface area contributed by atoms with Crippen LogP contribution in [0.25, 0.3) is 10.9 Å². The monoisotopic (exact) mass is 510 g/mol. The number of phenols is 1. The normalized spacial score (nSPS) is 17.5. The molecule has 4 aromatic rings. The second-order valence-corrected chi connectivity index (χ2v) is 9.99. The van der Waals surface area contributed by atoms with Crippen molar-refractivity contribution < 1.29 is 14.7 Å². The SMILES string of the molecule is O=C(NCCc1c[nH]c2ccccc12)[C@@H]1CN(CCc2ccc(O)cc2)C[C@H]1C(=O)NCc1ccccc1. The van der Waals surface area contributed by atoms with Crippen molar-refractivity contribution in [3.63, 3.8) is 0 Å². The van der Waals surface area contributed by atoms with E-state index in [-0.39, 0.29) is 17.6 Å². The molecule has 1 fully saturated rings. The number of H-pyrrole nitrogens is 1. The molecule has 0 bridgehead atoms. The van der Waals surface area contributed by atoms with Gasteiger partial charge in [-0.2, -0.15) is 0 Å². The molecule has 2 amide bonds. The lowest BCUT2D eigenvalue weighted by molar-refractivity contribution is -0.133. The van der Waals surface area contributed by atoms with Crippen LogP contribution in [0.4, 0.5) is 0 Å². The summed E-state index contributed by atoms with van der Waals surface area (Å²) in [7, 11) is 0. The van der Waals surface area contributed by atoms with Crippen molar-refractivity contribution in [3.05, 3.63) is 102 Å². The molecule has 1 saturated heterocycles. The first-order valence-electron chi connectivity index (χ1n) is 13.2. The fourth-order valence-electron chi connectivity index (χ4n) is 5.26. The molecule has 1 aliphatic heterocycles. The Kier molecular flexibility index (Phi) is 8.04. The number of rotatable bonds is 10. The summed E-state index contributed by atoms with van der Waals surface area (Å²) in [6.45, 7) is 2.79. The molecule has 0 saturated carbocycles. The zero-order valence-electron chi connectivity index (χ0n) is 21.4. The van der Waals surface area contributed by atoms with Crippen LogP contribution in [0.15, 0.2) is 85.1 Å². The summed E-state index contributed by atoms with van der Waals surface area (Å²) in [5.41, 5.74) is 4.39. The molecule has 7 nitrogen and oxygen atoms in total. The molecule has 0 radical (unpaired) electrons. The number of aromatic nitrogens is 1. The van der Waals surface area contributed by atoms with Gasteiger partial charge in [0.05, 0.1) is 11.8 Å². The number of carbonyl (C=O) groups excluding carboxylic acids is 2. The van der Waals surface area contributed by atoms with Gasteiger partial charge in [-0.15, -0.1) is 0 Å². The van der Waals surface area contributed by atoms with Crippen LogP contribution in [0.1, 0.15) is 16.7 Å². The van der Waals surface area contributed by atoms with E-state index in [0.717, 1.165) is 36.0 Å². The van der Waals surface area contributed by atoms with Crippen LogP contribution in [0.2, 0.25) is 0 Å². The summed E-state index contributed by atoms with van der Waals surface area (Å²) in [5.74, 6) is -0.732. The Labute approximate surface area is 222 Å². The first-order valence-corrected chi connectivity index (χ1v) is 13.2. The average molecular weight is 511 g/mol. The Hall–Kier alpha value is -4.10. The predicted octanol–water partition coefficient (Wildman–Crippen LogP) is 3.64. The van der Waals surface area contributed by atoms with Crippen LogP contribution in [0, 0.1) is 11.8 Å². The third kappa shape index (κ3) is 6.23. The topological polar surface area (TPSA) is 97.5 Å². The van der Waals surface area contributed by atoms with Crippen LogP contribution in [-0.4, -0.2) is 53.0 Å². The lowest BCUT2D eigenvalue weighted by Crippen LogP contribution is -2.41. The Morgan fingerprint density at radius 2 is 1.50 bits per heavy atom. The van der Waals surface area contributed by atoms with E-state index in [4.69, 9.17) is 0 Å². The first kappa shape index (κ1) is 25.5. The maximum Gasteiger partial charge on any atom is 0.225 e. The maximum absolute atomic E-state index is 13.3. The van der Waals surface area contributed by atoms with Crippen LogP contribution in [0.3, 0.4) is 0 Å². The number of aromatic hydroxyl groups is 1. The van der Waals surface area contributed by atoms with Crippen molar-refractivity contribution in [2.45, 2.75) is 19.4 Å². The van der Waals surface area contributed by atoms with Crippen molar-refractivity contribution in [1.82, 2.24) is 20.5 Å². The van der Waals surface area contributed by atoms with Gasteiger partial charge in [-0.25, -0.2) is 0 Å². The molecule has 7 heteroatoms. The van der Waals surface area contributed by atoms with Crippen molar-refractivity contribution in [3.8, 4) is 5.75 Å². The number of phenolic OH excluding ortho intramolecular Hbond substituents is 1. The van der Waals surface area contributed by atoms with Crippen LogP contribution < -0.4 is 10.6 Å². The summed E-state index contributed by atoms with van der Waals surface area (Å²) in [4.78, 5) is 32.1. The van der Waals surface area contributed by atoms with E-state index in [1.54, 1.807) is 12.1 Å². The minimum Gasteiger partial charge on any atom is -0.508 e. The highest BCUT2D eigenvalue weighted by Crippen LogP contribution is 2.25. The average Bonchev–Trinajstić information content (AvgIpc) is 3.57. The largest absolute Gasteiger partial charge is 0.508 e. The second kappa shape index (κ2) is 12.0. The van der Waals surface area contributed by atoms with Gasteiger partial charge in [0.1, 0.15) is 5.75 Å². The molecule has 196 valence electrons. The fourth-order valence-corrected chi connectivity index (χ4v) is 5.26. The van der Waals surface area contributed by atoms with Gasteiger partial charge in [0.2, 0.25) is 11.8 Å². The highest BCUT2D eigenvalue weighted by Gasteiger charge is 2.41. The number of carbonyl (C=O) groups is 2. The molecule has 4 N–H and O–H groups in total. The number of nitrogens with zero attached hydrogens (tertiary/aromatic N) is 1. The molecule has 38 heavy (non-hydrogen) atoms. The van der Waals surface area contributed by atoms with Gasteiger partial charge in [0.15, 0.2) is 0 Å². The number of likely N-dealkylation sites (tertiary alicyclic amines) is 1. The zero-order valence-corrected chi connectivity index (χ0v) is 21.4. The molecular formula is C31H34N4O3. The smallest absolute Gasteiger partial charge is 0.225 e. The summed E-state index contributed by atoms with van der Waals surface area (Å²) >= 11 is 0. The molecular weight excluding hydrogens is 476 g/mol. The number of benzene rings is 3. The summed E-state index contributed by atoms with van der Waals surface area (Å²) < 4.78 is 0. The van der Waals surface area contributed by atoms with Crippen LogP contribution >= 0.6 is 0 Å². The quantitative estimate of drug-likeness (QED) is 0.262. The second-order valence-electron chi connectivity index (χ2n) is 9.99. The van der Waals surface area contributed by atoms with Gasteiger partial charge >= 0.3 is 0 Å². The molecule has 3 aromatic carbocycles. The molecule has 0 spiro atoms. The van der Waals surface area contributed by atoms with Crippen LogP contribution in [-0.2, 0) is 29.0 Å². The van der Waals surface area contributed by atoms with Crippen LogP contribution in [0.5, 0.6) is 5.75 Å². The molecule has 1 aliphatic rings. The number of hydrogen-bond donors (Lipinski definition) is 4. The van der Waals surface area contributed by atoms with Crippen molar-refractivity contribution in [2.24, 2.45) is 11.8 Å². The van der Waals surface area contributed by atoms with E-state index >= 15 is 0 Å². The number of hydrogen-bond acceptors (Lipinski definition) is 4. The summed E-state index contributed by atoms with van der Waals surface area (Å²) in [6, 6.07) is 25.1. The Bertz CT molecular complexity index is 1370. The Morgan fingerprint density at radius 1 is 0.816 bits per heavy atom. The molecule has 1 aromatic heterocycles. The lowest BCUT2D eigenvalue weighted by atomic mass is 9.94. The van der Waals surface area contributed by atoms with Gasteiger partial charge in [-0.1, -0.05) is 60.7 Å².